The number of nitrogens with one attached hydrogen (secondary N) is 2. The molecule has 8 nitrogen and oxygen atoms in total. The van der Waals surface area contributed by atoms with Crippen molar-refractivity contribution in [3.05, 3.63) is 87.4 Å². The van der Waals surface area contributed by atoms with Crippen molar-refractivity contribution in [1.82, 2.24) is 4.31 Å². The number of piperidine rings is 1. The SMILES string of the molecule is Cc1ccc(NS(=O)(=O)c2ccc(NC(=O)[C@H]3CCCN(S(=O)(=O)Cc4ccc(Cl)cc4Cl)C3)cc2)cc1C. The van der Waals surface area contributed by atoms with Crippen molar-refractivity contribution in [2.24, 2.45) is 5.92 Å². The van der Waals surface area contributed by atoms with Crippen LogP contribution in [0.1, 0.15) is 29.5 Å². The number of anilines is 2. The molecule has 1 amide bonds. The predicted molar refractivity (Wildman–Crippen MR) is 155 cm³/mol. The van der Waals surface area contributed by atoms with Gasteiger partial charge in [-0.05, 0) is 91.9 Å². The number of hydrogen-bond acceptors (Lipinski definition) is 5. The molecule has 1 fully saturated rings. The fraction of sp³-hybridized carbons (Fsp3) is 0.296. The topological polar surface area (TPSA) is 113 Å². The molecule has 4 rings (SSSR count). The van der Waals surface area contributed by atoms with Crippen molar-refractivity contribution in [3.63, 3.8) is 0 Å². The molecule has 0 aliphatic carbocycles. The van der Waals surface area contributed by atoms with Gasteiger partial charge in [-0.2, -0.15) is 0 Å². The first-order chi connectivity index (χ1) is 18.3. The van der Waals surface area contributed by atoms with Gasteiger partial charge in [0.25, 0.3) is 10.0 Å². The van der Waals surface area contributed by atoms with E-state index < -0.39 is 26.0 Å². The maximum atomic E-state index is 13.1. The molecule has 0 unspecified atom stereocenters. The molecule has 3 aromatic carbocycles. The van der Waals surface area contributed by atoms with Gasteiger partial charge in [0.1, 0.15) is 0 Å². The Morgan fingerprint density at radius 3 is 2.28 bits per heavy atom. The van der Waals surface area contributed by atoms with Gasteiger partial charge < -0.3 is 5.32 Å². The number of nitrogens with zero attached hydrogens (tertiary/aromatic N) is 1. The van der Waals surface area contributed by atoms with Crippen LogP contribution in [0.3, 0.4) is 0 Å². The summed E-state index contributed by atoms with van der Waals surface area (Å²) in [4.78, 5) is 13.0. The number of amides is 1. The third-order valence-electron chi connectivity index (χ3n) is 6.69. The maximum Gasteiger partial charge on any atom is 0.261 e. The Labute approximate surface area is 239 Å². The minimum atomic E-state index is -3.82. The van der Waals surface area contributed by atoms with Crippen molar-refractivity contribution in [1.29, 1.82) is 0 Å². The highest BCUT2D eigenvalue weighted by Crippen LogP contribution is 2.27. The van der Waals surface area contributed by atoms with Crippen LogP contribution < -0.4 is 10.0 Å². The van der Waals surface area contributed by atoms with E-state index in [1.165, 1.54) is 34.6 Å². The van der Waals surface area contributed by atoms with E-state index in [1.807, 2.05) is 19.9 Å². The van der Waals surface area contributed by atoms with Gasteiger partial charge in [-0.25, -0.2) is 21.1 Å². The molecular weight excluding hydrogens is 581 g/mol. The molecule has 0 radical (unpaired) electrons. The average Bonchev–Trinajstić information content (AvgIpc) is 2.88. The minimum Gasteiger partial charge on any atom is -0.326 e. The maximum absolute atomic E-state index is 13.1. The first-order valence-electron chi connectivity index (χ1n) is 12.3. The molecular formula is C27H29Cl2N3O5S2. The molecule has 1 heterocycles. The summed E-state index contributed by atoms with van der Waals surface area (Å²) in [5.41, 5.74) is 3.34. The van der Waals surface area contributed by atoms with Crippen LogP contribution in [-0.4, -0.2) is 40.1 Å². The molecule has 0 aromatic heterocycles. The number of sulfonamides is 2. The second-order valence-electron chi connectivity index (χ2n) is 9.61. The van der Waals surface area contributed by atoms with E-state index in [0.29, 0.717) is 41.3 Å². The Kier molecular flexibility index (Phi) is 8.92. The van der Waals surface area contributed by atoms with E-state index in [-0.39, 0.29) is 28.1 Å². The van der Waals surface area contributed by atoms with Gasteiger partial charge in [-0.1, -0.05) is 35.3 Å². The average molecular weight is 611 g/mol. The Balaban J connectivity index is 1.39. The van der Waals surface area contributed by atoms with Crippen LogP contribution in [0.4, 0.5) is 11.4 Å². The number of halogens is 2. The molecule has 1 saturated heterocycles. The summed E-state index contributed by atoms with van der Waals surface area (Å²) in [7, 11) is -7.53. The van der Waals surface area contributed by atoms with Crippen molar-refractivity contribution in [2.45, 2.75) is 37.3 Å². The Bertz CT molecular complexity index is 1590. The summed E-state index contributed by atoms with van der Waals surface area (Å²) in [6, 6.07) is 15.8. The summed E-state index contributed by atoms with van der Waals surface area (Å²) in [6.07, 6.45) is 1.07. The molecule has 1 aliphatic heterocycles. The number of benzene rings is 3. The van der Waals surface area contributed by atoms with E-state index in [0.717, 1.165) is 11.1 Å². The van der Waals surface area contributed by atoms with Gasteiger partial charge in [-0.3, -0.25) is 9.52 Å². The number of aryl methyl sites for hydroxylation is 2. The molecule has 39 heavy (non-hydrogen) atoms. The van der Waals surface area contributed by atoms with Gasteiger partial charge in [0.2, 0.25) is 15.9 Å². The van der Waals surface area contributed by atoms with E-state index in [9.17, 15) is 21.6 Å². The lowest BCUT2D eigenvalue weighted by molar-refractivity contribution is -0.120. The standard InChI is InChI=1S/C27H29Cl2N3O5S2/c1-18-5-8-24(14-19(18)2)31-39(36,37)25-11-9-23(10-12-25)30-27(33)20-4-3-13-32(16-20)38(34,35)17-21-6-7-22(28)15-26(21)29/h5-12,14-15,20,31H,3-4,13,16-17H2,1-2H3,(H,30,33)/t20-/m0/s1. The molecule has 2 N–H and O–H groups in total. The third kappa shape index (κ3) is 7.32. The van der Waals surface area contributed by atoms with Crippen LogP contribution in [-0.2, 0) is 30.6 Å². The second kappa shape index (κ2) is 11.9. The molecule has 0 spiro atoms. The highest BCUT2D eigenvalue weighted by Gasteiger charge is 2.33. The first-order valence-corrected chi connectivity index (χ1v) is 16.1. The number of hydrogen-bond donors (Lipinski definition) is 2. The van der Waals surface area contributed by atoms with Crippen LogP contribution in [0, 0.1) is 19.8 Å². The molecule has 3 aromatic rings. The lowest BCUT2D eigenvalue weighted by Gasteiger charge is -2.31. The highest BCUT2D eigenvalue weighted by molar-refractivity contribution is 7.92. The summed E-state index contributed by atoms with van der Waals surface area (Å²) in [6.45, 7) is 4.21. The van der Waals surface area contributed by atoms with E-state index in [2.05, 4.69) is 10.0 Å². The van der Waals surface area contributed by atoms with Crippen molar-refractivity contribution in [3.8, 4) is 0 Å². The predicted octanol–water partition coefficient (Wildman–Crippen LogP) is 5.59. The van der Waals surface area contributed by atoms with Crippen LogP contribution >= 0.6 is 23.2 Å². The summed E-state index contributed by atoms with van der Waals surface area (Å²) < 4.78 is 55.6. The summed E-state index contributed by atoms with van der Waals surface area (Å²) >= 11 is 12.1. The fourth-order valence-electron chi connectivity index (χ4n) is 4.32. The third-order valence-corrected chi connectivity index (χ3v) is 10.5. The minimum absolute atomic E-state index is 0.0473. The largest absolute Gasteiger partial charge is 0.326 e. The number of carbonyl (C=O) groups is 1. The Morgan fingerprint density at radius 1 is 0.923 bits per heavy atom. The van der Waals surface area contributed by atoms with Crippen LogP contribution in [0.15, 0.2) is 65.6 Å². The van der Waals surface area contributed by atoms with Crippen LogP contribution in [0.25, 0.3) is 0 Å². The molecule has 0 bridgehead atoms. The fourth-order valence-corrected chi connectivity index (χ4v) is 7.56. The van der Waals surface area contributed by atoms with E-state index >= 15 is 0 Å². The van der Waals surface area contributed by atoms with Gasteiger partial charge in [0, 0.05) is 34.5 Å². The van der Waals surface area contributed by atoms with E-state index in [1.54, 1.807) is 24.3 Å². The smallest absolute Gasteiger partial charge is 0.261 e. The zero-order valence-corrected chi connectivity index (χ0v) is 24.6. The summed E-state index contributed by atoms with van der Waals surface area (Å²) in [5.74, 6) is -1.17. The van der Waals surface area contributed by atoms with Gasteiger partial charge in [-0.15, -0.1) is 0 Å². The Morgan fingerprint density at radius 2 is 1.62 bits per heavy atom. The molecule has 0 saturated carbocycles. The van der Waals surface area contributed by atoms with Crippen LogP contribution in [0.5, 0.6) is 0 Å². The van der Waals surface area contributed by atoms with Gasteiger partial charge in [0.05, 0.1) is 16.6 Å². The van der Waals surface area contributed by atoms with Gasteiger partial charge >= 0.3 is 0 Å². The molecule has 208 valence electrons. The zero-order valence-electron chi connectivity index (χ0n) is 21.4. The van der Waals surface area contributed by atoms with Gasteiger partial charge in [0.15, 0.2) is 0 Å². The van der Waals surface area contributed by atoms with Crippen molar-refractivity contribution in [2.75, 3.05) is 23.1 Å². The molecule has 1 atom stereocenters. The van der Waals surface area contributed by atoms with Crippen molar-refractivity contribution >= 4 is 60.5 Å². The quantitative estimate of drug-likeness (QED) is 0.345. The lowest BCUT2D eigenvalue weighted by Crippen LogP contribution is -2.44. The molecule has 12 heteroatoms. The summed E-state index contributed by atoms with van der Waals surface area (Å²) in [5, 5.41) is 3.47. The highest BCUT2D eigenvalue weighted by atomic mass is 35.5. The lowest BCUT2D eigenvalue weighted by atomic mass is 9.99. The van der Waals surface area contributed by atoms with Crippen LogP contribution in [0.2, 0.25) is 10.0 Å². The first kappa shape index (κ1) is 29.4. The normalized spacial score (nSPS) is 16.6. The zero-order chi connectivity index (χ0) is 28.4. The Hall–Kier alpha value is -2.63. The van der Waals surface area contributed by atoms with Crippen molar-refractivity contribution < 1.29 is 21.6 Å². The monoisotopic (exact) mass is 609 g/mol. The van der Waals surface area contributed by atoms with E-state index in [4.69, 9.17) is 23.2 Å². The number of carbonyl (C=O) groups excluding carboxylic acids is 1. The number of rotatable bonds is 8. The second-order valence-corrected chi connectivity index (χ2v) is 14.1. The molecule has 1 aliphatic rings.